The van der Waals surface area contributed by atoms with E-state index in [4.69, 9.17) is 0 Å². The van der Waals surface area contributed by atoms with Gasteiger partial charge in [0.2, 0.25) is 5.91 Å². The Morgan fingerprint density at radius 2 is 2.07 bits per heavy atom. The van der Waals surface area contributed by atoms with E-state index in [2.05, 4.69) is 50.5 Å². The number of carbonyl (C=O) groups is 2. The summed E-state index contributed by atoms with van der Waals surface area (Å²) < 4.78 is 14.7. The highest BCUT2D eigenvalue weighted by Gasteiger charge is 2.51. The standard InChI is InChI=1S/C20H25BrFN5O2/c1-11(2)18-24-25-19-20(29)26(15-5-3-4-6-16(15)27(18)19)10-17(28)23-14-8-7-12(21)9-13(14)22/h7-9,11,15-16,19,25H,3-6,10H2,1-2H3,(H,23,28). The maximum absolute atomic E-state index is 14.1. The van der Waals surface area contributed by atoms with Crippen LogP contribution >= 0.6 is 15.9 Å². The molecule has 2 heterocycles. The van der Waals surface area contributed by atoms with E-state index in [1.54, 1.807) is 11.0 Å². The van der Waals surface area contributed by atoms with Gasteiger partial charge in [0.25, 0.3) is 5.91 Å². The molecule has 29 heavy (non-hydrogen) atoms. The zero-order chi connectivity index (χ0) is 20.7. The van der Waals surface area contributed by atoms with Crippen molar-refractivity contribution < 1.29 is 14.0 Å². The molecule has 1 saturated heterocycles. The molecule has 2 aliphatic heterocycles. The summed E-state index contributed by atoms with van der Waals surface area (Å²) in [7, 11) is 0. The molecular formula is C20H25BrFN5O2. The van der Waals surface area contributed by atoms with Crippen LogP contribution in [0.3, 0.4) is 0 Å². The molecule has 3 aliphatic rings. The molecule has 156 valence electrons. The molecule has 9 heteroatoms. The molecule has 1 aromatic carbocycles. The summed E-state index contributed by atoms with van der Waals surface area (Å²) in [4.78, 5) is 29.7. The first-order valence-electron chi connectivity index (χ1n) is 10.0. The molecular weight excluding hydrogens is 441 g/mol. The quantitative estimate of drug-likeness (QED) is 0.716. The fourth-order valence-corrected chi connectivity index (χ4v) is 4.91. The maximum Gasteiger partial charge on any atom is 0.268 e. The van der Waals surface area contributed by atoms with Gasteiger partial charge in [0.15, 0.2) is 6.17 Å². The maximum atomic E-state index is 14.1. The average molecular weight is 466 g/mol. The molecule has 0 radical (unpaired) electrons. The van der Waals surface area contributed by atoms with Crippen LogP contribution in [0.2, 0.25) is 0 Å². The van der Waals surface area contributed by atoms with Crippen molar-refractivity contribution in [3.63, 3.8) is 0 Å². The van der Waals surface area contributed by atoms with E-state index in [1.165, 1.54) is 12.1 Å². The van der Waals surface area contributed by atoms with Gasteiger partial charge in [-0.05, 0) is 31.0 Å². The second-order valence-electron chi connectivity index (χ2n) is 8.12. The van der Waals surface area contributed by atoms with Crippen LogP contribution < -0.4 is 10.7 Å². The predicted octanol–water partition coefficient (Wildman–Crippen LogP) is 2.88. The van der Waals surface area contributed by atoms with Gasteiger partial charge in [-0.3, -0.25) is 15.0 Å². The summed E-state index contributed by atoms with van der Waals surface area (Å²) in [5, 5.41) is 7.01. The summed E-state index contributed by atoms with van der Waals surface area (Å²) in [6.07, 6.45) is 3.36. The number of amides is 2. The molecule has 2 amide bonds. The number of piperazine rings is 1. The highest BCUT2D eigenvalue weighted by Crippen LogP contribution is 2.35. The molecule has 0 aromatic heterocycles. The lowest BCUT2D eigenvalue weighted by molar-refractivity contribution is -0.151. The van der Waals surface area contributed by atoms with Gasteiger partial charge in [0.05, 0.1) is 17.8 Å². The summed E-state index contributed by atoms with van der Waals surface area (Å²) in [5.74, 6) is 0.0329. The molecule has 2 N–H and O–H groups in total. The molecule has 1 saturated carbocycles. The summed E-state index contributed by atoms with van der Waals surface area (Å²) in [6, 6.07) is 4.55. The van der Waals surface area contributed by atoms with Crippen molar-refractivity contribution in [3.05, 3.63) is 28.5 Å². The van der Waals surface area contributed by atoms with E-state index in [1.807, 2.05) is 0 Å². The Balaban J connectivity index is 1.53. The van der Waals surface area contributed by atoms with Gasteiger partial charge in [0.1, 0.15) is 18.2 Å². The van der Waals surface area contributed by atoms with Crippen LogP contribution in [0, 0.1) is 11.7 Å². The Morgan fingerprint density at radius 3 is 2.76 bits per heavy atom. The first kappa shape index (κ1) is 20.1. The third-order valence-corrected chi connectivity index (χ3v) is 6.34. The van der Waals surface area contributed by atoms with Crippen molar-refractivity contribution >= 4 is 39.3 Å². The number of hydrogen-bond acceptors (Lipinski definition) is 5. The fourth-order valence-electron chi connectivity index (χ4n) is 4.57. The van der Waals surface area contributed by atoms with E-state index in [0.717, 1.165) is 31.5 Å². The zero-order valence-electron chi connectivity index (χ0n) is 16.5. The van der Waals surface area contributed by atoms with Crippen LogP contribution in [0.5, 0.6) is 0 Å². The van der Waals surface area contributed by atoms with Gasteiger partial charge in [0, 0.05) is 10.4 Å². The minimum absolute atomic E-state index is 0.0446. The molecule has 4 rings (SSSR count). The number of amidine groups is 1. The van der Waals surface area contributed by atoms with E-state index in [9.17, 15) is 14.0 Å². The highest BCUT2D eigenvalue weighted by molar-refractivity contribution is 9.10. The lowest BCUT2D eigenvalue weighted by Crippen LogP contribution is -2.70. The number of halogens is 2. The van der Waals surface area contributed by atoms with Gasteiger partial charge in [-0.25, -0.2) is 4.39 Å². The molecule has 7 nitrogen and oxygen atoms in total. The average Bonchev–Trinajstić information content (AvgIpc) is 3.13. The van der Waals surface area contributed by atoms with Crippen molar-refractivity contribution in [2.75, 3.05) is 11.9 Å². The SMILES string of the molecule is CC(C)C1=NNC2C(=O)N(CC(=O)Nc3ccc(Br)cc3F)C3CCCCC3N12. The van der Waals surface area contributed by atoms with Gasteiger partial charge in [-0.1, -0.05) is 42.6 Å². The smallest absolute Gasteiger partial charge is 0.268 e. The highest BCUT2D eigenvalue weighted by atomic mass is 79.9. The first-order valence-corrected chi connectivity index (χ1v) is 10.8. The van der Waals surface area contributed by atoms with E-state index in [0.29, 0.717) is 4.47 Å². The largest absolute Gasteiger partial charge is 0.325 e. The van der Waals surface area contributed by atoms with Gasteiger partial charge < -0.3 is 15.1 Å². The molecule has 0 bridgehead atoms. The number of anilines is 1. The molecule has 0 spiro atoms. The Hall–Kier alpha value is -2.16. The lowest BCUT2D eigenvalue weighted by Gasteiger charge is -2.51. The molecule has 1 aliphatic carbocycles. The Morgan fingerprint density at radius 1 is 1.34 bits per heavy atom. The van der Waals surface area contributed by atoms with Crippen LogP contribution in [0.25, 0.3) is 0 Å². The normalized spacial score (nSPS) is 26.0. The van der Waals surface area contributed by atoms with Crippen molar-refractivity contribution in [2.24, 2.45) is 11.0 Å². The van der Waals surface area contributed by atoms with Gasteiger partial charge in [-0.15, -0.1) is 0 Å². The molecule has 3 unspecified atom stereocenters. The van der Waals surface area contributed by atoms with Crippen molar-refractivity contribution in [1.29, 1.82) is 0 Å². The summed E-state index contributed by atoms with van der Waals surface area (Å²) in [5.41, 5.74) is 3.07. The van der Waals surface area contributed by atoms with Crippen molar-refractivity contribution in [2.45, 2.75) is 57.8 Å². The van der Waals surface area contributed by atoms with E-state index in [-0.39, 0.29) is 36.1 Å². The van der Waals surface area contributed by atoms with Gasteiger partial charge in [-0.2, -0.15) is 5.10 Å². The number of carbonyl (C=O) groups excluding carboxylic acids is 2. The minimum atomic E-state index is -0.566. The molecule has 3 atom stereocenters. The number of benzene rings is 1. The van der Waals surface area contributed by atoms with Gasteiger partial charge >= 0.3 is 0 Å². The number of hydrogen-bond donors (Lipinski definition) is 2. The molecule has 2 fully saturated rings. The first-order chi connectivity index (χ1) is 13.9. The number of nitrogens with zero attached hydrogens (tertiary/aromatic N) is 3. The topological polar surface area (TPSA) is 77.0 Å². The van der Waals surface area contributed by atoms with Crippen LogP contribution in [-0.4, -0.2) is 52.2 Å². The van der Waals surface area contributed by atoms with E-state index >= 15 is 0 Å². The lowest BCUT2D eigenvalue weighted by atomic mass is 9.85. The second-order valence-corrected chi connectivity index (χ2v) is 9.04. The van der Waals surface area contributed by atoms with Crippen LogP contribution in [0.4, 0.5) is 10.1 Å². The predicted molar refractivity (Wildman–Crippen MR) is 112 cm³/mol. The fraction of sp³-hybridized carbons (Fsp3) is 0.550. The van der Waals surface area contributed by atoms with Crippen LogP contribution in [0.15, 0.2) is 27.8 Å². The minimum Gasteiger partial charge on any atom is -0.325 e. The Kier molecular flexibility index (Phi) is 5.50. The number of hydrazone groups is 1. The second kappa shape index (κ2) is 7.93. The van der Waals surface area contributed by atoms with Crippen LogP contribution in [0.1, 0.15) is 39.5 Å². The number of fused-ring (bicyclic) bond motifs is 3. The monoisotopic (exact) mass is 465 g/mol. The Bertz CT molecular complexity index is 861. The zero-order valence-corrected chi connectivity index (χ0v) is 18.1. The number of nitrogens with one attached hydrogen (secondary N) is 2. The summed E-state index contributed by atoms with van der Waals surface area (Å²) in [6.45, 7) is 4.04. The van der Waals surface area contributed by atoms with Crippen LogP contribution in [-0.2, 0) is 9.59 Å². The molecule has 1 aromatic rings. The third kappa shape index (κ3) is 3.72. The van der Waals surface area contributed by atoms with Crippen molar-refractivity contribution in [3.8, 4) is 0 Å². The Labute approximate surface area is 177 Å². The van der Waals surface area contributed by atoms with E-state index < -0.39 is 17.9 Å². The number of rotatable bonds is 4. The third-order valence-electron chi connectivity index (χ3n) is 5.85. The summed E-state index contributed by atoms with van der Waals surface area (Å²) >= 11 is 3.20. The van der Waals surface area contributed by atoms with Crippen molar-refractivity contribution in [1.82, 2.24) is 15.2 Å².